The van der Waals surface area contributed by atoms with E-state index in [1.54, 1.807) is 4.57 Å². The number of aromatic nitrogens is 2. The second kappa shape index (κ2) is 7.00. The molecule has 0 amide bonds. The van der Waals surface area contributed by atoms with Crippen LogP contribution < -0.4 is 9.47 Å². The van der Waals surface area contributed by atoms with Crippen molar-refractivity contribution in [1.82, 2.24) is 9.55 Å². The van der Waals surface area contributed by atoms with Gasteiger partial charge in [0.2, 0.25) is 0 Å². The summed E-state index contributed by atoms with van der Waals surface area (Å²) in [5, 5.41) is 0. The topological polar surface area (TPSA) is 53.3 Å². The summed E-state index contributed by atoms with van der Waals surface area (Å²) >= 11 is 0. The number of nitrogens with zero attached hydrogens (tertiary/aromatic N) is 2. The molecule has 24 heavy (non-hydrogen) atoms. The number of benzene rings is 2. The number of carbonyl (C=O) groups is 1. The third kappa shape index (κ3) is 2.76. The highest BCUT2D eigenvalue weighted by atomic mass is 16.5. The van der Waals surface area contributed by atoms with Crippen molar-refractivity contribution < 1.29 is 14.3 Å². The first-order valence-corrected chi connectivity index (χ1v) is 7.55. The fourth-order valence-electron chi connectivity index (χ4n) is 2.83. The maximum absolute atomic E-state index is 11.6. The summed E-state index contributed by atoms with van der Waals surface area (Å²) < 4.78 is 12.5. The lowest BCUT2D eigenvalue weighted by Crippen LogP contribution is -2.16. The van der Waals surface area contributed by atoms with E-state index in [9.17, 15) is 4.79 Å². The van der Waals surface area contributed by atoms with Gasteiger partial charge in [0.05, 0.1) is 20.3 Å². The summed E-state index contributed by atoms with van der Waals surface area (Å²) in [4.78, 5) is 15.8. The lowest BCUT2D eigenvalue weighted by atomic mass is 9.98. The third-order valence-corrected chi connectivity index (χ3v) is 3.85. The van der Waals surface area contributed by atoms with Gasteiger partial charge in [-0.15, -0.1) is 0 Å². The molecule has 0 aliphatic heterocycles. The molecule has 5 nitrogen and oxygen atoms in total. The number of carbonyl (C=O) groups excluding carboxylic acids is 1. The first kappa shape index (κ1) is 15.8. The van der Waals surface area contributed by atoms with Gasteiger partial charge in [-0.25, -0.2) is 0 Å². The summed E-state index contributed by atoms with van der Waals surface area (Å²) in [6.45, 7) is 0. The van der Waals surface area contributed by atoms with Crippen molar-refractivity contribution in [1.29, 1.82) is 0 Å². The van der Waals surface area contributed by atoms with Crippen LogP contribution in [0.15, 0.2) is 60.7 Å². The monoisotopic (exact) mass is 322 g/mol. The van der Waals surface area contributed by atoms with Crippen molar-refractivity contribution in [3.8, 4) is 11.8 Å². The Morgan fingerprint density at radius 2 is 1.46 bits per heavy atom. The SMILES string of the molecule is COc1nc(C=O)n(C(c2ccccc2)c2ccccc2)c1OC. The molecule has 3 rings (SSSR count). The number of ether oxygens (including phenoxy) is 2. The molecular formula is C19H18N2O3. The number of aldehydes is 1. The molecule has 0 bridgehead atoms. The molecule has 0 atom stereocenters. The minimum atomic E-state index is -0.251. The highest BCUT2D eigenvalue weighted by Crippen LogP contribution is 2.36. The van der Waals surface area contributed by atoms with Gasteiger partial charge >= 0.3 is 0 Å². The molecule has 0 fully saturated rings. The predicted octanol–water partition coefficient (Wildman–Crippen LogP) is 3.35. The van der Waals surface area contributed by atoms with E-state index >= 15 is 0 Å². The Morgan fingerprint density at radius 1 is 0.917 bits per heavy atom. The van der Waals surface area contributed by atoms with Crippen LogP contribution in [0.3, 0.4) is 0 Å². The van der Waals surface area contributed by atoms with Gasteiger partial charge < -0.3 is 9.47 Å². The maximum atomic E-state index is 11.6. The molecule has 1 heterocycles. The Bertz CT molecular complexity index is 774. The highest BCUT2D eigenvalue weighted by Gasteiger charge is 2.27. The molecule has 0 aliphatic rings. The maximum Gasteiger partial charge on any atom is 0.278 e. The van der Waals surface area contributed by atoms with Crippen LogP contribution in [0.5, 0.6) is 11.8 Å². The average Bonchev–Trinajstić information content (AvgIpc) is 3.01. The quantitative estimate of drug-likeness (QED) is 0.653. The molecule has 0 spiro atoms. The smallest absolute Gasteiger partial charge is 0.278 e. The summed E-state index contributed by atoms with van der Waals surface area (Å²) in [7, 11) is 3.04. The van der Waals surface area contributed by atoms with Gasteiger partial charge in [-0.3, -0.25) is 9.36 Å². The third-order valence-electron chi connectivity index (χ3n) is 3.85. The van der Waals surface area contributed by atoms with Crippen molar-refractivity contribution in [3.05, 3.63) is 77.6 Å². The van der Waals surface area contributed by atoms with Crippen molar-refractivity contribution >= 4 is 6.29 Å². The zero-order valence-corrected chi connectivity index (χ0v) is 13.5. The molecule has 0 unspecified atom stereocenters. The molecule has 0 radical (unpaired) electrons. The van der Waals surface area contributed by atoms with Crippen LogP contribution in [0.1, 0.15) is 27.8 Å². The average molecular weight is 322 g/mol. The van der Waals surface area contributed by atoms with Crippen LogP contribution in [0.4, 0.5) is 0 Å². The molecule has 2 aromatic carbocycles. The Kier molecular flexibility index (Phi) is 4.61. The second-order valence-corrected chi connectivity index (χ2v) is 5.20. The standard InChI is InChI=1S/C19H18N2O3/c1-23-18-19(24-2)21(16(13-22)20-18)17(14-9-5-3-6-10-14)15-11-7-4-8-12-15/h3-13,17H,1-2H3. The van der Waals surface area contributed by atoms with E-state index in [1.165, 1.54) is 14.2 Å². The van der Waals surface area contributed by atoms with Crippen LogP contribution in [0.25, 0.3) is 0 Å². The van der Waals surface area contributed by atoms with Gasteiger partial charge in [0.15, 0.2) is 12.1 Å². The van der Waals surface area contributed by atoms with Crippen LogP contribution in [0.2, 0.25) is 0 Å². The van der Waals surface area contributed by atoms with Gasteiger partial charge in [-0.05, 0) is 11.1 Å². The molecule has 0 saturated heterocycles. The first-order chi connectivity index (χ1) is 11.8. The summed E-state index contributed by atoms with van der Waals surface area (Å²) in [6, 6.07) is 19.6. The van der Waals surface area contributed by atoms with E-state index in [0.717, 1.165) is 11.1 Å². The zero-order chi connectivity index (χ0) is 16.9. The lowest BCUT2D eigenvalue weighted by Gasteiger charge is -2.22. The Labute approximate surface area is 140 Å². The van der Waals surface area contributed by atoms with Crippen molar-refractivity contribution in [2.45, 2.75) is 6.04 Å². The fourth-order valence-corrected chi connectivity index (χ4v) is 2.83. The summed E-state index contributed by atoms with van der Waals surface area (Å²) in [5.41, 5.74) is 2.04. The van der Waals surface area contributed by atoms with E-state index in [-0.39, 0.29) is 17.7 Å². The van der Waals surface area contributed by atoms with Crippen LogP contribution >= 0.6 is 0 Å². The van der Waals surface area contributed by atoms with Gasteiger partial charge in [-0.2, -0.15) is 4.98 Å². The van der Waals surface area contributed by atoms with E-state index in [0.29, 0.717) is 12.2 Å². The molecule has 122 valence electrons. The number of hydrogen-bond acceptors (Lipinski definition) is 4. The molecule has 3 aromatic rings. The van der Waals surface area contributed by atoms with Crippen LogP contribution in [-0.4, -0.2) is 30.1 Å². The van der Waals surface area contributed by atoms with Gasteiger partial charge in [0.25, 0.3) is 11.8 Å². The number of hydrogen-bond donors (Lipinski definition) is 0. The predicted molar refractivity (Wildman–Crippen MR) is 90.8 cm³/mol. The molecule has 0 saturated carbocycles. The number of rotatable bonds is 6. The van der Waals surface area contributed by atoms with E-state index in [2.05, 4.69) is 4.98 Å². The van der Waals surface area contributed by atoms with Crippen LogP contribution in [0, 0.1) is 0 Å². The first-order valence-electron chi connectivity index (χ1n) is 7.55. The van der Waals surface area contributed by atoms with Gasteiger partial charge in [-0.1, -0.05) is 60.7 Å². The summed E-state index contributed by atoms with van der Waals surface area (Å²) in [5.74, 6) is 0.954. The Morgan fingerprint density at radius 3 is 1.88 bits per heavy atom. The van der Waals surface area contributed by atoms with Gasteiger partial charge in [0.1, 0.15) is 0 Å². The fraction of sp³-hybridized carbons (Fsp3) is 0.158. The number of methoxy groups -OCH3 is 2. The molecule has 5 heteroatoms. The molecule has 0 N–H and O–H groups in total. The minimum absolute atomic E-state index is 0.251. The molecular weight excluding hydrogens is 304 g/mol. The van der Waals surface area contributed by atoms with Crippen molar-refractivity contribution in [2.75, 3.05) is 14.2 Å². The second-order valence-electron chi connectivity index (χ2n) is 5.20. The Hall–Kier alpha value is -3.08. The lowest BCUT2D eigenvalue weighted by molar-refractivity contribution is 0.110. The van der Waals surface area contributed by atoms with E-state index < -0.39 is 0 Å². The highest BCUT2D eigenvalue weighted by molar-refractivity contribution is 5.71. The van der Waals surface area contributed by atoms with Crippen LogP contribution in [-0.2, 0) is 0 Å². The van der Waals surface area contributed by atoms with Crippen molar-refractivity contribution in [3.63, 3.8) is 0 Å². The normalized spacial score (nSPS) is 10.6. The van der Waals surface area contributed by atoms with E-state index in [1.807, 2.05) is 60.7 Å². The van der Waals surface area contributed by atoms with Gasteiger partial charge in [0, 0.05) is 0 Å². The van der Waals surface area contributed by atoms with Crippen molar-refractivity contribution in [2.24, 2.45) is 0 Å². The molecule has 0 aliphatic carbocycles. The Balaban J connectivity index is 2.28. The minimum Gasteiger partial charge on any atom is -0.478 e. The number of imidazole rings is 1. The largest absolute Gasteiger partial charge is 0.478 e. The molecule has 1 aromatic heterocycles. The zero-order valence-electron chi connectivity index (χ0n) is 13.5. The summed E-state index contributed by atoms with van der Waals surface area (Å²) in [6.07, 6.45) is 0.712. The van der Waals surface area contributed by atoms with E-state index in [4.69, 9.17) is 9.47 Å².